The summed E-state index contributed by atoms with van der Waals surface area (Å²) in [6, 6.07) is 13.4. The first-order valence-electron chi connectivity index (χ1n) is 9.87. The summed E-state index contributed by atoms with van der Waals surface area (Å²) in [4.78, 5) is 26.0. The van der Waals surface area contributed by atoms with E-state index in [1.165, 1.54) is 21.0 Å². The summed E-state index contributed by atoms with van der Waals surface area (Å²) in [5.41, 5.74) is 0.737. The van der Waals surface area contributed by atoms with Gasteiger partial charge in [-0.25, -0.2) is 13.2 Å². The molecule has 2 heterocycles. The number of sulfonamides is 1. The third-order valence-electron chi connectivity index (χ3n) is 5.36. The average Bonchev–Trinajstić information content (AvgIpc) is 3.07. The number of aryl methyl sites for hydroxylation is 1. The van der Waals surface area contributed by atoms with Crippen LogP contribution in [0.5, 0.6) is 5.75 Å². The summed E-state index contributed by atoms with van der Waals surface area (Å²) in [6.45, 7) is 2.56. The van der Waals surface area contributed by atoms with Gasteiger partial charge in [0.1, 0.15) is 5.75 Å². The van der Waals surface area contributed by atoms with Crippen LogP contribution in [0.4, 0.5) is 0 Å². The van der Waals surface area contributed by atoms with E-state index in [4.69, 9.17) is 9.15 Å². The molecule has 2 aromatic carbocycles. The van der Waals surface area contributed by atoms with Gasteiger partial charge >= 0.3 is 5.76 Å². The minimum atomic E-state index is -3.78. The molecule has 1 atom stereocenters. The van der Waals surface area contributed by atoms with Crippen LogP contribution in [0.15, 0.2) is 62.6 Å². The van der Waals surface area contributed by atoms with Crippen LogP contribution >= 0.6 is 0 Å². The van der Waals surface area contributed by atoms with Gasteiger partial charge in [-0.2, -0.15) is 4.31 Å². The largest absolute Gasteiger partial charge is 0.481 e. The number of nitrogens with zero attached hydrogens (tertiary/aromatic N) is 3. The Morgan fingerprint density at radius 3 is 2.42 bits per heavy atom. The smallest absolute Gasteiger partial charge is 0.419 e. The summed E-state index contributed by atoms with van der Waals surface area (Å²) in [5.74, 6) is -0.135. The molecule has 4 rings (SSSR count). The highest BCUT2D eigenvalue weighted by Gasteiger charge is 2.32. The van der Waals surface area contributed by atoms with Crippen molar-refractivity contribution in [1.29, 1.82) is 0 Å². The van der Waals surface area contributed by atoms with Crippen molar-refractivity contribution < 1.29 is 22.4 Å². The van der Waals surface area contributed by atoms with E-state index in [-0.39, 0.29) is 42.6 Å². The monoisotopic (exact) mass is 445 g/mol. The zero-order valence-corrected chi connectivity index (χ0v) is 18.0. The molecule has 1 unspecified atom stereocenters. The Labute approximate surface area is 179 Å². The number of piperazine rings is 1. The van der Waals surface area contributed by atoms with Crippen molar-refractivity contribution in [3.8, 4) is 5.75 Å². The Morgan fingerprint density at radius 1 is 1.06 bits per heavy atom. The summed E-state index contributed by atoms with van der Waals surface area (Å²) in [5, 5.41) is 0. The van der Waals surface area contributed by atoms with Crippen molar-refractivity contribution in [2.75, 3.05) is 26.2 Å². The molecule has 3 aromatic rings. The first-order chi connectivity index (χ1) is 14.8. The van der Waals surface area contributed by atoms with E-state index in [9.17, 15) is 18.0 Å². The van der Waals surface area contributed by atoms with Crippen LogP contribution in [0.25, 0.3) is 11.1 Å². The lowest BCUT2D eigenvalue weighted by Gasteiger charge is -2.35. The Hall–Kier alpha value is -3.11. The van der Waals surface area contributed by atoms with Crippen molar-refractivity contribution in [3.05, 3.63) is 59.1 Å². The van der Waals surface area contributed by atoms with E-state index >= 15 is 0 Å². The van der Waals surface area contributed by atoms with Crippen molar-refractivity contribution in [2.24, 2.45) is 7.05 Å². The Kier molecular flexibility index (Phi) is 5.59. The molecular formula is C21H23N3O6S. The summed E-state index contributed by atoms with van der Waals surface area (Å²) in [6.07, 6.45) is -0.672. The van der Waals surface area contributed by atoms with Crippen molar-refractivity contribution in [2.45, 2.75) is 17.9 Å². The fourth-order valence-electron chi connectivity index (χ4n) is 3.58. The highest BCUT2D eigenvalue weighted by molar-refractivity contribution is 7.89. The SMILES string of the molecule is CC(Oc1ccccc1)C(=O)N1CCN(S(=O)(=O)c2ccc3c(c2)oc(=O)n3C)CC1. The Morgan fingerprint density at radius 2 is 1.74 bits per heavy atom. The second-order valence-electron chi connectivity index (χ2n) is 7.36. The second kappa shape index (κ2) is 8.20. The minimum Gasteiger partial charge on any atom is -0.481 e. The van der Waals surface area contributed by atoms with E-state index in [0.717, 1.165) is 0 Å². The van der Waals surface area contributed by atoms with Gasteiger partial charge in [0, 0.05) is 39.3 Å². The zero-order chi connectivity index (χ0) is 22.2. The van der Waals surface area contributed by atoms with Crippen LogP contribution in [0.3, 0.4) is 0 Å². The number of oxazole rings is 1. The number of rotatable bonds is 5. The lowest BCUT2D eigenvalue weighted by molar-refractivity contribution is -0.139. The lowest BCUT2D eigenvalue weighted by Crippen LogP contribution is -2.53. The minimum absolute atomic E-state index is 0.0508. The number of fused-ring (bicyclic) bond motifs is 1. The first-order valence-corrected chi connectivity index (χ1v) is 11.3. The van der Waals surface area contributed by atoms with Crippen LogP contribution in [0.1, 0.15) is 6.92 Å². The van der Waals surface area contributed by atoms with Gasteiger partial charge in [0.25, 0.3) is 5.91 Å². The number of amides is 1. The normalized spacial score (nSPS) is 16.4. The van der Waals surface area contributed by atoms with E-state index in [2.05, 4.69) is 0 Å². The van der Waals surface area contributed by atoms with E-state index in [0.29, 0.717) is 11.3 Å². The van der Waals surface area contributed by atoms with Crippen molar-refractivity contribution in [3.63, 3.8) is 0 Å². The molecule has 10 heteroatoms. The maximum Gasteiger partial charge on any atom is 0.419 e. The van der Waals surface area contributed by atoms with Crippen LogP contribution < -0.4 is 10.5 Å². The number of carbonyl (C=O) groups excluding carboxylic acids is 1. The van der Waals surface area contributed by atoms with Crippen LogP contribution in [0, 0.1) is 0 Å². The molecular weight excluding hydrogens is 422 g/mol. The van der Waals surface area contributed by atoms with Gasteiger partial charge in [0.2, 0.25) is 10.0 Å². The van der Waals surface area contributed by atoms with E-state index in [1.807, 2.05) is 18.2 Å². The third kappa shape index (κ3) is 4.08. The highest BCUT2D eigenvalue weighted by Crippen LogP contribution is 2.22. The topological polar surface area (TPSA) is 102 Å². The molecule has 0 saturated carbocycles. The summed E-state index contributed by atoms with van der Waals surface area (Å²) >= 11 is 0. The number of hydrogen-bond donors (Lipinski definition) is 0. The van der Waals surface area contributed by atoms with Gasteiger partial charge in [0.05, 0.1) is 10.4 Å². The molecule has 9 nitrogen and oxygen atoms in total. The molecule has 1 amide bonds. The van der Waals surface area contributed by atoms with Gasteiger partial charge in [-0.1, -0.05) is 18.2 Å². The maximum atomic E-state index is 13.0. The van der Waals surface area contributed by atoms with Gasteiger partial charge in [-0.05, 0) is 31.2 Å². The number of carbonyl (C=O) groups is 1. The van der Waals surface area contributed by atoms with E-state index in [1.54, 1.807) is 37.1 Å². The Bertz CT molecular complexity index is 1260. The second-order valence-corrected chi connectivity index (χ2v) is 9.30. The standard InChI is InChI=1S/C21H23N3O6S/c1-15(29-16-6-4-3-5-7-16)20(25)23-10-12-24(13-11-23)31(27,28)17-8-9-18-19(14-17)30-21(26)22(18)2/h3-9,14-15H,10-13H2,1-2H3. The predicted octanol–water partition coefficient (Wildman–Crippen LogP) is 1.43. The van der Waals surface area contributed by atoms with E-state index < -0.39 is 21.9 Å². The molecule has 1 aliphatic rings. The molecule has 1 aliphatic heterocycles. The van der Waals surface area contributed by atoms with Gasteiger partial charge in [0.15, 0.2) is 11.7 Å². The van der Waals surface area contributed by atoms with Gasteiger partial charge < -0.3 is 14.1 Å². The lowest BCUT2D eigenvalue weighted by atomic mass is 10.3. The molecule has 164 valence electrons. The summed E-state index contributed by atoms with van der Waals surface area (Å²) in [7, 11) is -2.23. The van der Waals surface area contributed by atoms with Crippen LogP contribution in [-0.4, -0.2) is 60.4 Å². The van der Waals surface area contributed by atoms with Crippen molar-refractivity contribution in [1.82, 2.24) is 13.8 Å². The molecule has 0 radical (unpaired) electrons. The van der Waals surface area contributed by atoms with Crippen LogP contribution in [-0.2, 0) is 21.9 Å². The Balaban J connectivity index is 1.43. The molecule has 1 saturated heterocycles. The third-order valence-corrected chi connectivity index (χ3v) is 7.25. The fraction of sp³-hybridized carbons (Fsp3) is 0.333. The predicted molar refractivity (Wildman–Crippen MR) is 113 cm³/mol. The molecule has 1 fully saturated rings. The maximum absolute atomic E-state index is 13.0. The van der Waals surface area contributed by atoms with Crippen LogP contribution in [0.2, 0.25) is 0 Å². The molecule has 1 aromatic heterocycles. The highest BCUT2D eigenvalue weighted by atomic mass is 32.2. The number of benzene rings is 2. The average molecular weight is 445 g/mol. The molecule has 0 N–H and O–H groups in total. The molecule has 31 heavy (non-hydrogen) atoms. The first kappa shape index (κ1) is 21.1. The number of hydrogen-bond acceptors (Lipinski definition) is 6. The van der Waals surface area contributed by atoms with Crippen molar-refractivity contribution >= 4 is 27.0 Å². The zero-order valence-electron chi connectivity index (χ0n) is 17.2. The quantitative estimate of drug-likeness (QED) is 0.589. The number of aromatic nitrogens is 1. The molecule has 0 bridgehead atoms. The van der Waals surface area contributed by atoms with Gasteiger partial charge in [-0.3, -0.25) is 9.36 Å². The number of ether oxygens (including phenoxy) is 1. The summed E-state index contributed by atoms with van der Waals surface area (Å²) < 4.78 is 39.5. The molecule has 0 spiro atoms. The number of para-hydroxylation sites is 1. The molecule has 0 aliphatic carbocycles. The fourth-order valence-corrected chi connectivity index (χ4v) is 5.02. The van der Waals surface area contributed by atoms with Gasteiger partial charge in [-0.15, -0.1) is 0 Å².